The van der Waals surface area contributed by atoms with Gasteiger partial charge in [0, 0.05) is 52.1 Å². The SMILES string of the molecule is CCNC(=NCCNC(=O)c1ccc(O)cc1)N1CCC(OCCCOC)CC1. The molecule has 1 aliphatic rings. The quantitative estimate of drug-likeness (QED) is 0.310. The van der Waals surface area contributed by atoms with Crippen molar-refractivity contribution < 1.29 is 19.4 Å². The number of nitrogens with one attached hydrogen (secondary N) is 2. The van der Waals surface area contributed by atoms with Crippen molar-refractivity contribution in [3.63, 3.8) is 0 Å². The Kier molecular flexibility index (Phi) is 10.3. The van der Waals surface area contributed by atoms with Crippen LogP contribution in [-0.4, -0.2) is 81.0 Å². The number of carbonyl (C=O) groups excluding carboxylic acids is 1. The number of piperidine rings is 1. The lowest BCUT2D eigenvalue weighted by Gasteiger charge is -2.34. The van der Waals surface area contributed by atoms with E-state index in [1.165, 1.54) is 12.1 Å². The Morgan fingerprint density at radius 3 is 2.59 bits per heavy atom. The van der Waals surface area contributed by atoms with E-state index in [1.807, 2.05) is 6.92 Å². The Labute approximate surface area is 173 Å². The number of benzene rings is 1. The summed E-state index contributed by atoms with van der Waals surface area (Å²) in [6.45, 7) is 7.08. The monoisotopic (exact) mass is 406 g/mol. The van der Waals surface area contributed by atoms with Crippen LogP contribution in [0.25, 0.3) is 0 Å². The van der Waals surface area contributed by atoms with Crippen LogP contribution in [-0.2, 0) is 9.47 Å². The maximum atomic E-state index is 12.1. The highest BCUT2D eigenvalue weighted by Gasteiger charge is 2.21. The van der Waals surface area contributed by atoms with Gasteiger partial charge in [-0.1, -0.05) is 0 Å². The van der Waals surface area contributed by atoms with Crippen molar-refractivity contribution in [1.82, 2.24) is 15.5 Å². The van der Waals surface area contributed by atoms with Gasteiger partial charge < -0.3 is 30.1 Å². The van der Waals surface area contributed by atoms with Crippen LogP contribution in [0.2, 0.25) is 0 Å². The zero-order valence-electron chi connectivity index (χ0n) is 17.5. The summed E-state index contributed by atoms with van der Waals surface area (Å²) in [6, 6.07) is 6.20. The molecule has 8 heteroatoms. The van der Waals surface area contributed by atoms with Crippen LogP contribution in [0.4, 0.5) is 0 Å². The Bertz CT molecular complexity index is 628. The predicted molar refractivity (Wildman–Crippen MR) is 113 cm³/mol. The normalized spacial score (nSPS) is 15.4. The number of hydrogen-bond acceptors (Lipinski definition) is 5. The summed E-state index contributed by atoms with van der Waals surface area (Å²) in [5, 5.41) is 15.5. The number of hydrogen-bond donors (Lipinski definition) is 3. The maximum absolute atomic E-state index is 12.1. The molecule has 1 aliphatic heterocycles. The van der Waals surface area contributed by atoms with Gasteiger partial charge in [0.15, 0.2) is 5.96 Å². The molecule has 0 radical (unpaired) electrons. The second-order valence-electron chi connectivity index (χ2n) is 6.94. The topological polar surface area (TPSA) is 95.4 Å². The highest BCUT2D eigenvalue weighted by molar-refractivity contribution is 5.94. The minimum atomic E-state index is -0.170. The van der Waals surface area contributed by atoms with E-state index in [1.54, 1.807) is 19.2 Å². The number of ether oxygens (including phenoxy) is 2. The third-order valence-corrected chi connectivity index (χ3v) is 4.71. The van der Waals surface area contributed by atoms with Gasteiger partial charge in [0.2, 0.25) is 0 Å². The molecule has 0 unspecified atom stereocenters. The number of guanidine groups is 1. The second kappa shape index (κ2) is 13.0. The third-order valence-electron chi connectivity index (χ3n) is 4.71. The van der Waals surface area contributed by atoms with Crippen molar-refractivity contribution >= 4 is 11.9 Å². The van der Waals surface area contributed by atoms with Crippen LogP contribution in [0.15, 0.2) is 29.3 Å². The Morgan fingerprint density at radius 2 is 1.93 bits per heavy atom. The summed E-state index contributed by atoms with van der Waals surface area (Å²) in [5.74, 6) is 0.853. The molecule has 1 fully saturated rings. The van der Waals surface area contributed by atoms with Crippen LogP contribution >= 0.6 is 0 Å². The third kappa shape index (κ3) is 8.29. The fourth-order valence-corrected chi connectivity index (χ4v) is 3.16. The molecule has 0 aliphatic carbocycles. The van der Waals surface area contributed by atoms with Crippen LogP contribution in [0, 0.1) is 0 Å². The molecular weight excluding hydrogens is 372 g/mol. The van der Waals surface area contributed by atoms with Crippen molar-refractivity contribution in [2.75, 3.05) is 53.0 Å². The van der Waals surface area contributed by atoms with Crippen LogP contribution in [0.5, 0.6) is 5.75 Å². The number of carbonyl (C=O) groups is 1. The van der Waals surface area contributed by atoms with Crippen molar-refractivity contribution in [3.05, 3.63) is 29.8 Å². The van der Waals surface area contributed by atoms with E-state index < -0.39 is 0 Å². The first-order chi connectivity index (χ1) is 14.1. The van der Waals surface area contributed by atoms with E-state index in [4.69, 9.17) is 9.47 Å². The number of aromatic hydroxyl groups is 1. The predicted octanol–water partition coefficient (Wildman–Crippen LogP) is 1.60. The average molecular weight is 407 g/mol. The van der Waals surface area contributed by atoms with E-state index in [-0.39, 0.29) is 11.7 Å². The summed E-state index contributed by atoms with van der Waals surface area (Å²) < 4.78 is 11.0. The van der Waals surface area contributed by atoms with E-state index in [2.05, 4.69) is 20.5 Å². The van der Waals surface area contributed by atoms with Gasteiger partial charge in [-0.25, -0.2) is 0 Å². The summed E-state index contributed by atoms with van der Waals surface area (Å²) in [4.78, 5) is 19.0. The molecule has 1 amide bonds. The molecule has 29 heavy (non-hydrogen) atoms. The summed E-state index contributed by atoms with van der Waals surface area (Å²) >= 11 is 0. The van der Waals surface area contributed by atoms with Crippen molar-refractivity contribution in [2.45, 2.75) is 32.3 Å². The molecular formula is C21H34N4O4. The van der Waals surface area contributed by atoms with Gasteiger partial charge >= 0.3 is 0 Å². The number of phenols is 1. The molecule has 2 rings (SSSR count). The molecule has 1 aromatic carbocycles. The number of amides is 1. The number of rotatable bonds is 10. The van der Waals surface area contributed by atoms with Gasteiger partial charge in [0.1, 0.15) is 5.75 Å². The first kappa shape index (κ1) is 23.0. The first-order valence-corrected chi connectivity index (χ1v) is 10.3. The van der Waals surface area contributed by atoms with Crippen LogP contribution in [0.1, 0.15) is 36.5 Å². The van der Waals surface area contributed by atoms with Crippen molar-refractivity contribution in [2.24, 2.45) is 4.99 Å². The average Bonchev–Trinajstić information content (AvgIpc) is 2.74. The molecule has 1 saturated heterocycles. The Balaban J connectivity index is 1.73. The second-order valence-corrected chi connectivity index (χ2v) is 6.94. The highest BCUT2D eigenvalue weighted by Crippen LogP contribution is 2.14. The molecule has 8 nitrogen and oxygen atoms in total. The van der Waals surface area contributed by atoms with E-state index >= 15 is 0 Å². The van der Waals surface area contributed by atoms with Gasteiger partial charge in [-0.15, -0.1) is 0 Å². The minimum absolute atomic E-state index is 0.144. The fraction of sp³-hybridized carbons (Fsp3) is 0.619. The summed E-state index contributed by atoms with van der Waals surface area (Å²) in [6.07, 6.45) is 3.19. The molecule has 0 aromatic heterocycles. The zero-order valence-corrected chi connectivity index (χ0v) is 17.5. The van der Waals surface area contributed by atoms with Crippen LogP contribution < -0.4 is 10.6 Å². The summed E-state index contributed by atoms with van der Waals surface area (Å²) in [7, 11) is 1.71. The number of aliphatic imine (C=N–C) groups is 1. The lowest BCUT2D eigenvalue weighted by molar-refractivity contribution is 0.00990. The van der Waals surface area contributed by atoms with Crippen LogP contribution in [0.3, 0.4) is 0 Å². The molecule has 1 heterocycles. The Morgan fingerprint density at radius 1 is 1.21 bits per heavy atom. The fourth-order valence-electron chi connectivity index (χ4n) is 3.16. The van der Waals surface area contributed by atoms with Gasteiger partial charge in [-0.3, -0.25) is 9.79 Å². The van der Waals surface area contributed by atoms with Crippen molar-refractivity contribution in [3.8, 4) is 5.75 Å². The largest absolute Gasteiger partial charge is 0.508 e. The zero-order chi connectivity index (χ0) is 20.9. The molecule has 3 N–H and O–H groups in total. The van der Waals surface area contributed by atoms with Gasteiger partial charge in [-0.05, 0) is 50.5 Å². The maximum Gasteiger partial charge on any atom is 0.251 e. The highest BCUT2D eigenvalue weighted by atomic mass is 16.5. The van der Waals surface area contributed by atoms with Crippen molar-refractivity contribution in [1.29, 1.82) is 0 Å². The molecule has 0 atom stereocenters. The molecule has 0 saturated carbocycles. The molecule has 0 spiro atoms. The molecule has 1 aromatic rings. The standard InChI is InChI=1S/C21H34N4O4/c1-3-22-21(25-13-9-19(10-14-25)29-16-4-15-28-2)24-12-11-23-20(27)17-5-7-18(26)8-6-17/h5-8,19,26H,3-4,9-16H2,1-2H3,(H,22,24)(H,23,27). The molecule has 0 bridgehead atoms. The first-order valence-electron chi connectivity index (χ1n) is 10.3. The number of phenolic OH excluding ortho intramolecular Hbond substituents is 1. The van der Waals surface area contributed by atoms with Gasteiger partial charge in [0.05, 0.1) is 12.6 Å². The lowest BCUT2D eigenvalue weighted by Crippen LogP contribution is -2.47. The smallest absolute Gasteiger partial charge is 0.251 e. The number of nitrogens with zero attached hydrogens (tertiary/aromatic N) is 2. The number of methoxy groups -OCH3 is 1. The Hall–Kier alpha value is -2.32. The number of likely N-dealkylation sites (tertiary alicyclic amines) is 1. The van der Waals surface area contributed by atoms with Gasteiger partial charge in [-0.2, -0.15) is 0 Å². The van der Waals surface area contributed by atoms with E-state index in [0.29, 0.717) is 24.8 Å². The van der Waals surface area contributed by atoms with Gasteiger partial charge in [0.25, 0.3) is 5.91 Å². The van der Waals surface area contributed by atoms with E-state index in [0.717, 1.165) is 58.1 Å². The molecule has 162 valence electrons. The lowest BCUT2D eigenvalue weighted by atomic mass is 10.1. The van der Waals surface area contributed by atoms with E-state index in [9.17, 15) is 9.90 Å². The minimum Gasteiger partial charge on any atom is -0.508 e. The summed E-state index contributed by atoms with van der Waals surface area (Å²) in [5.41, 5.74) is 0.520.